The molecule has 1 unspecified atom stereocenters. The van der Waals surface area contributed by atoms with Gasteiger partial charge in [-0.3, -0.25) is 9.69 Å². The average Bonchev–Trinajstić information content (AvgIpc) is 2.42. The van der Waals surface area contributed by atoms with E-state index < -0.39 is 0 Å². The molecule has 132 valence electrons. The van der Waals surface area contributed by atoms with E-state index in [0.717, 1.165) is 18.2 Å². The lowest BCUT2D eigenvalue weighted by Gasteiger charge is -2.30. The Bertz CT molecular complexity index is 457. The highest BCUT2D eigenvalue weighted by atomic mass is 35.5. The van der Waals surface area contributed by atoms with Crippen LogP contribution in [0.3, 0.4) is 0 Å². The predicted octanol–water partition coefficient (Wildman–Crippen LogP) is 3.44. The number of rotatable bonds is 5. The number of hydrogen-bond donors (Lipinski definition) is 2. The molecule has 0 saturated carbocycles. The first kappa shape index (κ1) is 22.2. The van der Waals surface area contributed by atoms with Crippen LogP contribution in [0.4, 0.5) is 5.69 Å². The summed E-state index contributed by atoms with van der Waals surface area (Å²) in [6, 6.07) is 8.03. The van der Waals surface area contributed by atoms with E-state index >= 15 is 0 Å². The van der Waals surface area contributed by atoms with Crippen molar-refractivity contribution in [2.45, 2.75) is 45.7 Å². The zero-order valence-corrected chi connectivity index (χ0v) is 15.6. The SMILES string of the molecule is CC(N)CC(=O)Nc1ccc(CN2CCC(C)CC2)cc1.Cl.Cl. The molecule has 0 bridgehead atoms. The van der Waals surface area contributed by atoms with Crippen LogP contribution in [0, 0.1) is 5.92 Å². The summed E-state index contributed by atoms with van der Waals surface area (Å²) in [5, 5.41) is 2.88. The van der Waals surface area contributed by atoms with Crippen molar-refractivity contribution < 1.29 is 4.79 Å². The van der Waals surface area contributed by atoms with Gasteiger partial charge in [-0.1, -0.05) is 19.1 Å². The van der Waals surface area contributed by atoms with Gasteiger partial charge < -0.3 is 11.1 Å². The Hall–Kier alpha value is -0.810. The van der Waals surface area contributed by atoms with Crippen LogP contribution in [0.2, 0.25) is 0 Å². The number of nitrogens with one attached hydrogen (secondary N) is 1. The monoisotopic (exact) mass is 361 g/mol. The second kappa shape index (κ2) is 10.9. The number of likely N-dealkylation sites (tertiary alicyclic amines) is 1. The molecule has 3 N–H and O–H groups in total. The number of benzene rings is 1. The van der Waals surface area contributed by atoms with Gasteiger partial charge in [0.1, 0.15) is 0 Å². The summed E-state index contributed by atoms with van der Waals surface area (Å²) in [6.07, 6.45) is 2.95. The maximum atomic E-state index is 11.7. The number of hydrogen-bond acceptors (Lipinski definition) is 3. The molecule has 0 radical (unpaired) electrons. The summed E-state index contributed by atoms with van der Waals surface area (Å²) in [5.41, 5.74) is 7.76. The lowest BCUT2D eigenvalue weighted by molar-refractivity contribution is -0.116. The molecule has 1 aliphatic heterocycles. The van der Waals surface area contributed by atoms with Crippen LogP contribution in [0.1, 0.15) is 38.7 Å². The van der Waals surface area contributed by atoms with E-state index in [0.29, 0.717) is 6.42 Å². The maximum Gasteiger partial charge on any atom is 0.225 e. The molecule has 1 aromatic rings. The molecule has 1 aromatic carbocycles. The van der Waals surface area contributed by atoms with Crippen LogP contribution in [-0.2, 0) is 11.3 Å². The molecule has 1 aliphatic rings. The average molecular weight is 362 g/mol. The second-order valence-corrected chi connectivity index (χ2v) is 6.39. The van der Waals surface area contributed by atoms with Crippen molar-refractivity contribution >= 4 is 36.4 Å². The molecule has 1 atom stereocenters. The van der Waals surface area contributed by atoms with Crippen LogP contribution in [0.15, 0.2) is 24.3 Å². The quantitative estimate of drug-likeness (QED) is 0.844. The first-order chi connectivity index (χ1) is 10.0. The molecule has 23 heavy (non-hydrogen) atoms. The fourth-order valence-corrected chi connectivity index (χ4v) is 2.68. The summed E-state index contributed by atoms with van der Waals surface area (Å²) >= 11 is 0. The number of halogens is 2. The molecular formula is C17H29Cl2N3O. The first-order valence-electron chi connectivity index (χ1n) is 7.89. The normalized spacial score (nSPS) is 16.8. The molecule has 1 fully saturated rings. The van der Waals surface area contributed by atoms with Gasteiger partial charge in [0, 0.05) is 24.7 Å². The molecule has 1 heterocycles. The number of nitrogens with two attached hydrogens (primary N) is 1. The van der Waals surface area contributed by atoms with Crippen LogP contribution in [0.25, 0.3) is 0 Å². The van der Waals surface area contributed by atoms with Crippen LogP contribution in [-0.4, -0.2) is 29.9 Å². The molecular weight excluding hydrogens is 333 g/mol. The van der Waals surface area contributed by atoms with Gasteiger partial charge in [-0.25, -0.2) is 0 Å². The Kier molecular flexibility index (Phi) is 10.5. The highest BCUT2D eigenvalue weighted by Gasteiger charge is 2.15. The fourth-order valence-electron chi connectivity index (χ4n) is 2.68. The zero-order valence-electron chi connectivity index (χ0n) is 14.0. The highest BCUT2D eigenvalue weighted by Crippen LogP contribution is 2.19. The molecule has 0 spiro atoms. The van der Waals surface area contributed by atoms with E-state index in [-0.39, 0.29) is 36.8 Å². The summed E-state index contributed by atoms with van der Waals surface area (Å²) < 4.78 is 0. The molecule has 1 saturated heterocycles. The van der Waals surface area contributed by atoms with Gasteiger partial charge in [-0.05, 0) is 56.5 Å². The molecule has 2 rings (SSSR count). The Balaban J connectivity index is 0.00000242. The third-order valence-electron chi connectivity index (χ3n) is 4.03. The second-order valence-electron chi connectivity index (χ2n) is 6.39. The van der Waals surface area contributed by atoms with Crippen molar-refractivity contribution in [2.24, 2.45) is 11.7 Å². The minimum Gasteiger partial charge on any atom is -0.327 e. The lowest BCUT2D eigenvalue weighted by Crippen LogP contribution is -2.32. The summed E-state index contributed by atoms with van der Waals surface area (Å²) in [7, 11) is 0. The van der Waals surface area contributed by atoms with Gasteiger partial charge in [0.2, 0.25) is 5.91 Å². The van der Waals surface area contributed by atoms with Gasteiger partial charge in [0.25, 0.3) is 0 Å². The predicted molar refractivity (Wildman–Crippen MR) is 102 cm³/mol. The van der Waals surface area contributed by atoms with Gasteiger partial charge >= 0.3 is 0 Å². The highest BCUT2D eigenvalue weighted by molar-refractivity contribution is 5.91. The summed E-state index contributed by atoms with van der Waals surface area (Å²) in [5.74, 6) is 0.839. The summed E-state index contributed by atoms with van der Waals surface area (Å²) in [6.45, 7) is 7.54. The summed E-state index contributed by atoms with van der Waals surface area (Å²) in [4.78, 5) is 14.2. The third-order valence-corrected chi connectivity index (χ3v) is 4.03. The topological polar surface area (TPSA) is 58.4 Å². The standard InChI is InChI=1S/C17H27N3O.2ClH/c1-13-7-9-20(10-8-13)12-15-3-5-16(6-4-15)19-17(21)11-14(2)18;;/h3-6,13-14H,7-12,18H2,1-2H3,(H,19,21);2*1H. The molecule has 4 nitrogen and oxygen atoms in total. The van der Waals surface area contributed by atoms with Gasteiger partial charge in [0.05, 0.1) is 0 Å². The Morgan fingerprint density at radius 1 is 1.26 bits per heavy atom. The lowest BCUT2D eigenvalue weighted by atomic mass is 9.99. The first-order valence-corrected chi connectivity index (χ1v) is 7.89. The van der Waals surface area contributed by atoms with E-state index in [1.54, 1.807) is 0 Å². The number of carbonyl (C=O) groups is 1. The van der Waals surface area contributed by atoms with Crippen LogP contribution < -0.4 is 11.1 Å². The van der Waals surface area contributed by atoms with Crippen molar-refractivity contribution in [1.29, 1.82) is 0 Å². The number of amides is 1. The Morgan fingerprint density at radius 3 is 2.35 bits per heavy atom. The number of anilines is 1. The molecule has 1 amide bonds. The van der Waals surface area contributed by atoms with Gasteiger partial charge in [-0.15, -0.1) is 24.8 Å². The Labute approximate surface area is 152 Å². The smallest absolute Gasteiger partial charge is 0.225 e. The van der Waals surface area contributed by atoms with Gasteiger partial charge in [-0.2, -0.15) is 0 Å². The largest absolute Gasteiger partial charge is 0.327 e. The van der Waals surface area contributed by atoms with E-state index in [4.69, 9.17) is 5.73 Å². The number of carbonyl (C=O) groups excluding carboxylic acids is 1. The minimum absolute atomic E-state index is 0. The van der Waals surface area contributed by atoms with E-state index in [9.17, 15) is 4.79 Å². The van der Waals surface area contributed by atoms with Gasteiger partial charge in [0.15, 0.2) is 0 Å². The van der Waals surface area contributed by atoms with Crippen molar-refractivity contribution in [3.63, 3.8) is 0 Å². The molecule has 6 heteroatoms. The third kappa shape index (κ3) is 8.02. The minimum atomic E-state index is -0.106. The van der Waals surface area contributed by atoms with Crippen molar-refractivity contribution in [2.75, 3.05) is 18.4 Å². The van der Waals surface area contributed by atoms with Crippen LogP contribution >= 0.6 is 24.8 Å². The number of nitrogens with zero attached hydrogens (tertiary/aromatic N) is 1. The van der Waals surface area contributed by atoms with E-state index in [1.165, 1.54) is 31.5 Å². The molecule has 0 aromatic heterocycles. The number of piperidine rings is 1. The fraction of sp³-hybridized carbons (Fsp3) is 0.588. The zero-order chi connectivity index (χ0) is 15.2. The van der Waals surface area contributed by atoms with E-state index in [1.807, 2.05) is 19.1 Å². The van der Waals surface area contributed by atoms with E-state index in [2.05, 4.69) is 29.3 Å². The Morgan fingerprint density at radius 2 is 1.83 bits per heavy atom. The van der Waals surface area contributed by atoms with Crippen molar-refractivity contribution in [1.82, 2.24) is 4.90 Å². The maximum absolute atomic E-state index is 11.7. The van der Waals surface area contributed by atoms with Crippen molar-refractivity contribution in [3.8, 4) is 0 Å². The van der Waals surface area contributed by atoms with Crippen molar-refractivity contribution in [3.05, 3.63) is 29.8 Å². The molecule has 0 aliphatic carbocycles. The van der Waals surface area contributed by atoms with Crippen LogP contribution in [0.5, 0.6) is 0 Å².